The molecule has 1 aromatic heterocycles. The van der Waals surface area contributed by atoms with Gasteiger partial charge in [-0.05, 0) is 49.8 Å². The van der Waals surface area contributed by atoms with Gasteiger partial charge in [0.1, 0.15) is 5.82 Å². The van der Waals surface area contributed by atoms with Crippen molar-refractivity contribution < 1.29 is 0 Å². The average molecular weight is 376 g/mol. The Labute approximate surface area is 145 Å². The number of nitrogens with zero attached hydrogens (tertiary/aromatic N) is 4. The molecule has 3 rings (SSSR count). The van der Waals surface area contributed by atoms with Gasteiger partial charge in [0.25, 0.3) is 0 Å². The van der Waals surface area contributed by atoms with Crippen molar-refractivity contribution in [3.8, 4) is 0 Å². The van der Waals surface area contributed by atoms with Crippen molar-refractivity contribution in [3.63, 3.8) is 0 Å². The van der Waals surface area contributed by atoms with E-state index in [0.717, 1.165) is 42.9 Å². The molecule has 0 radical (unpaired) electrons. The van der Waals surface area contributed by atoms with Crippen molar-refractivity contribution in [3.05, 3.63) is 46.1 Å². The van der Waals surface area contributed by atoms with Gasteiger partial charge in [0.05, 0.1) is 0 Å². The first-order valence-corrected chi connectivity index (χ1v) is 8.65. The van der Waals surface area contributed by atoms with Gasteiger partial charge in [-0.25, -0.2) is 4.98 Å². The molecule has 6 heteroatoms. The van der Waals surface area contributed by atoms with Crippen molar-refractivity contribution in [2.24, 2.45) is 0 Å². The van der Waals surface area contributed by atoms with Gasteiger partial charge in [-0.15, -0.1) is 0 Å². The van der Waals surface area contributed by atoms with Crippen LogP contribution in [0.1, 0.15) is 11.1 Å². The first-order valence-electron chi connectivity index (χ1n) is 7.86. The van der Waals surface area contributed by atoms with Gasteiger partial charge in [0, 0.05) is 36.8 Å². The van der Waals surface area contributed by atoms with Gasteiger partial charge >= 0.3 is 0 Å². The summed E-state index contributed by atoms with van der Waals surface area (Å²) in [5.74, 6) is 1.68. The van der Waals surface area contributed by atoms with Crippen molar-refractivity contribution in [2.45, 2.75) is 13.0 Å². The smallest absolute Gasteiger partial charge is 0.224 e. The number of aromatic nitrogens is 2. The van der Waals surface area contributed by atoms with E-state index in [1.807, 2.05) is 12.3 Å². The van der Waals surface area contributed by atoms with E-state index < -0.39 is 0 Å². The minimum atomic E-state index is 0.699. The zero-order chi connectivity index (χ0) is 16.2. The molecule has 0 amide bonds. The third-order valence-electron chi connectivity index (χ3n) is 3.99. The summed E-state index contributed by atoms with van der Waals surface area (Å²) in [5.41, 5.74) is 2.80. The number of hydrogen-bond donors (Lipinski definition) is 1. The number of benzene rings is 1. The van der Waals surface area contributed by atoms with Crippen molar-refractivity contribution in [2.75, 3.05) is 43.9 Å². The Bertz CT molecular complexity index is 674. The predicted octanol–water partition coefficient (Wildman–Crippen LogP) is 2.78. The highest BCUT2D eigenvalue weighted by atomic mass is 79.9. The highest BCUT2D eigenvalue weighted by molar-refractivity contribution is 9.10. The molecule has 2 aromatic rings. The van der Waals surface area contributed by atoms with Crippen LogP contribution in [-0.4, -0.2) is 48.6 Å². The summed E-state index contributed by atoms with van der Waals surface area (Å²) in [5, 5.41) is 3.29. The Morgan fingerprint density at radius 1 is 1.26 bits per heavy atom. The van der Waals surface area contributed by atoms with Crippen LogP contribution in [0.4, 0.5) is 11.8 Å². The summed E-state index contributed by atoms with van der Waals surface area (Å²) in [4.78, 5) is 13.4. The van der Waals surface area contributed by atoms with Gasteiger partial charge in [0.2, 0.25) is 5.95 Å². The summed E-state index contributed by atoms with van der Waals surface area (Å²) in [6.07, 6.45) is 2.88. The van der Waals surface area contributed by atoms with Crippen LogP contribution >= 0.6 is 15.9 Å². The molecular formula is C17H22BrN5. The molecule has 0 aliphatic carbocycles. The normalized spacial score (nSPS) is 14.0. The van der Waals surface area contributed by atoms with E-state index in [9.17, 15) is 0 Å². The molecule has 0 saturated carbocycles. The van der Waals surface area contributed by atoms with Crippen LogP contribution in [0.3, 0.4) is 0 Å². The van der Waals surface area contributed by atoms with Crippen molar-refractivity contribution in [1.82, 2.24) is 14.9 Å². The van der Waals surface area contributed by atoms with E-state index >= 15 is 0 Å². The van der Waals surface area contributed by atoms with Crippen LogP contribution in [0.2, 0.25) is 0 Å². The summed E-state index contributed by atoms with van der Waals surface area (Å²) in [7, 11) is 4.12. The second-order valence-electron chi connectivity index (χ2n) is 6.05. The van der Waals surface area contributed by atoms with E-state index in [0.29, 0.717) is 5.95 Å². The SMILES string of the molecule is CN(C)CCNc1nccc(N2CCc3ccc(Br)cc3C2)n1. The molecular weight excluding hydrogens is 354 g/mol. The molecule has 0 saturated heterocycles. The fourth-order valence-corrected chi connectivity index (χ4v) is 3.13. The lowest BCUT2D eigenvalue weighted by atomic mass is 10.00. The summed E-state index contributed by atoms with van der Waals surface area (Å²) in [6, 6.07) is 8.52. The third-order valence-corrected chi connectivity index (χ3v) is 4.48. The number of anilines is 2. The molecule has 23 heavy (non-hydrogen) atoms. The number of rotatable bonds is 5. The number of nitrogens with one attached hydrogen (secondary N) is 1. The minimum Gasteiger partial charge on any atom is -0.353 e. The summed E-state index contributed by atoms with van der Waals surface area (Å²) >= 11 is 3.56. The number of fused-ring (bicyclic) bond motifs is 1. The van der Waals surface area contributed by atoms with Crippen LogP contribution in [-0.2, 0) is 13.0 Å². The lowest BCUT2D eigenvalue weighted by Crippen LogP contribution is -2.31. The minimum absolute atomic E-state index is 0.699. The zero-order valence-corrected chi connectivity index (χ0v) is 15.2. The van der Waals surface area contributed by atoms with Gasteiger partial charge in [-0.1, -0.05) is 22.0 Å². The topological polar surface area (TPSA) is 44.3 Å². The Balaban J connectivity index is 1.70. The second kappa shape index (κ2) is 7.27. The first-order chi connectivity index (χ1) is 11.1. The van der Waals surface area contributed by atoms with E-state index in [-0.39, 0.29) is 0 Å². The van der Waals surface area contributed by atoms with Crippen LogP contribution < -0.4 is 10.2 Å². The molecule has 1 N–H and O–H groups in total. The number of hydrogen-bond acceptors (Lipinski definition) is 5. The fraction of sp³-hybridized carbons (Fsp3) is 0.412. The maximum absolute atomic E-state index is 4.66. The van der Waals surface area contributed by atoms with Crippen LogP contribution in [0.15, 0.2) is 34.9 Å². The molecule has 0 atom stereocenters. The van der Waals surface area contributed by atoms with Crippen molar-refractivity contribution >= 4 is 27.7 Å². The molecule has 2 heterocycles. The number of halogens is 1. The van der Waals surface area contributed by atoms with E-state index in [1.54, 1.807) is 0 Å². The molecule has 1 aliphatic heterocycles. The molecule has 0 spiro atoms. The predicted molar refractivity (Wildman–Crippen MR) is 98.0 cm³/mol. The Morgan fingerprint density at radius 3 is 2.96 bits per heavy atom. The second-order valence-corrected chi connectivity index (χ2v) is 6.97. The molecule has 1 aromatic carbocycles. The molecule has 5 nitrogen and oxygen atoms in total. The van der Waals surface area contributed by atoms with E-state index in [4.69, 9.17) is 0 Å². The molecule has 0 fully saturated rings. The standard InChI is InChI=1S/C17H22BrN5/c1-22(2)10-8-20-17-19-7-5-16(21-17)23-9-6-13-3-4-15(18)11-14(13)12-23/h3-5,7,11H,6,8-10,12H2,1-2H3,(H,19,20,21). The molecule has 0 unspecified atom stereocenters. The van der Waals surface area contributed by atoms with E-state index in [2.05, 4.69) is 73.3 Å². The summed E-state index contributed by atoms with van der Waals surface area (Å²) in [6.45, 7) is 3.68. The lowest BCUT2D eigenvalue weighted by Gasteiger charge is -2.30. The maximum Gasteiger partial charge on any atom is 0.224 e. The van der Waals surface area contributed by atoms with Gasteiger partial charge in [-0.2, -0.15) is 4.98 Å². The third kappa shape index (κ3) is 4.20. The quantitative estimate of drug-likeness (QED) is 0.870. The monoisotopic (exact) mass is 375 g/mol. The average Bonchev–Trinajstić information content (AvgIpc) is 2.54. The van der Waals surface area contributed by atoms with Gasteiger partial charge in [-0.3, -0.25) is 0 Å². The first kappa shape index (κ1) is 16.2. The van der Waals surface area contributed by atoms with Crippen LogP contribution in [0.5, 0.6) is 0 Å². The van der Waals surface area contributed by atoms with E-state index in [1.165, 1.54) is 11.1 Å². The van der Waals surface area contributed by atoms with Crippen LogP contribution in [0, 0.1) is 0 Å². The van der Waals surface area contributed by atoms with Crippen LogP contribution in [0.25, 0.3) is 0 Å². The van der Waals surface area contributed by atoms with Gasteiger partial charge < -0.3 is 15.1 Å². The number of likely N-dealkylation sites (N-methyl/N-ethyl adjacent to an activating group) is 1. The van der Waals surface area contributed by atoms with Crippen molar-refractivity contribution in [1.29, 1.82) is 0 Å². The fourth-order valence-electron chi connectivity index (χ4n) is 2.72. The highest BCUT2D eigenvalue weighted by Crippen LogP contribution is 2.25. The largest absolute Gasteiger partial charge is 0.353 e. The Morgan fingerprint density at radius 2 is 2.13 bits per heavy atom. The Kier molecular flexibility index (Phi) is 5.13. The molecule has 122 valence electrons. The zero-order valence-electron chi connectivity index (χ0n) is 13.6. The molecule has 1 aliphatic rings. The lowest BCUT2D eigenvalue weighted by molar-refractivity contribution is 0.425. The molecule has 0 bridgehead atoms. The Hall–Kier alpha value is -1.66. The maximum atomic E-state index is 4.66. The summed E-state index contributed by atoms with van der Waals surface area (Å²) < 4.78 is 1.13. The highest BCUT2D eigenvalue weighted by Gasteiger charge is 2.18. The van der Waals surface area contributed by atoms with Gasteiger partial charge in [0.15, 0.2) is 0 Å².